The van der Waals surface area contributed by atoms with E-state index in [1.54, 1.807) is 6.07 Å². The minimum atomic E-state index is -0.149. The minimum absolute atomic E-state index is 0.149. The predicted octanol–water partition coefficient (Wildman–Crippen LogP) is 6.28. The van der Waals surface area contributed by atoms with Crippen molar-refractivity contribution >= 4 is 0 Å². The van der Waals surface area contributed by atoms with Crippen molar-refractivity contribution in [1.82, 2.24) is 0 Å². The lowest BCUT2D eigenvalue weighted by molar-refractivity contribution is 0.629. The van der Waals surface area contributed by atoms with Gasteiger partial charge >= 0.3 is 0 Å². The minimum Gasteiger partial charge on any atom is -0.206 e. The normalized spacial score (nSPS) is 10.7. The Morgan fingerprint density at radius 2 is 1.09 bits per heavy atom. The highest BCUT2D eigenvalue weighted by molar-refractivity contribution is 5.71. The highest BCUT2D eigenvalue weighted by Crippen LogP contribution is 2.27. The summed E-state index contributed by atoms with van der Waals surface area (Å²) in [5.74, 6) is -0.149. The molecule has 0 saturated heterocycles. The van der Waals surface area contributed by atoms with E-state index >= 15 is 0 Å². The van der Waals surface area contributed by atoms with E-state index in [-0.39, 0.29) is 5.82 Å². The first-order valence-corrected chi connectivity index (χ1v) is 8.19. The van der Waals surface area contributed by atoms with Crippen LogP contribution in [0.2, 0.25) is 0 Å². The van der Waals surface area contributed by atoms with Gasteiger partial charge in [-0.2, -0.15) is 0 Å². The van der Waals surface area contributed by atoms with Crippen LogP contribution in [0, 0.1) is 5.82 Å². The summed E-state index contributed by atoms with van der Waals surface area (Å²) in [6.07, 6.45) is 1.90. The van der Waals surface area contributed by atoms with Crippen molar-refractivity contribution < 1.29 is 4.39 Å². The maximum atomic E-state index is 14.2. The summed E-state index contributed by atoms with van der Waals surface area (Å²) in [4.78, 5) is 0. The molecule has 0 aliphatic carbocycles. The van der Waals surface area contributed by atoms with Crippen molar-refractivity contribution in [2.75, 3.05) is 0 Å². The topological polar surface area (TPSA) is 0 Å². The molecule has 0 radical (unpaired) electrons. The second kappa shape index (κ2) is 6.78. The van der Waals surface area contributed by atoms with E-state index in [9.17, 15) is 4.39 Å². The van der Waals surface area contributed by atoms with Crippen molar-refractivity contribution in [1.29, 1.82) is 0 Å². The molecule has 116 valence electrons. The predicted molar refractivity (Wildman–Crippen MR) is 96.0 cm³/mol. The van der Waals surface area contributed by atoms with E-state index in [0.717, 1.165) is 29.5 Å². The Balaban J connectivity index is 1.89. The van der Waals surface area contributed by atoms with Crippen LogP contribution in [-0.2, 0) is 12.8 Å². The quantitative estimate of drug-likeness (QED) is 0.531. The number of rotatable bonds is 4. The van der Waals surface area contributed by atoms with Crippen LogP contribution in [-0.4, -0.2) is 0 Å². The molecule has 0 spiro atoms. The molecule has 3 aromatic carbocycles. The molecule has 0 heterocycles. The van der Waals surface area contributed by atoms with Crippen molar-refractivity contribution in [2.45, 2.75) is 26.7 Å². The zero-order chi connectivity index (χ0) is 16.2. The van der Waals surface area contributed by atoms with Crippen LogP contribution in [0.4, 0.5) is 4.39 Å². The molecule has 0 nitrogen and oxygen atoms in total. The van der Waals surface area contributed by atoms with Gasteiger partial charge in [-0.3, -0.25) is 0 Å². The zero-order valence-electron chi connectivity index (χ0n) is 13.6. The molecular weight excluding hydrogens is 283 g/mol. The summed E-state index contributed by atoms with van der Waals surface area (Å²) in [6.45, 7) is 4.19. The molecular formula is C22H21F. The van der Waals surface area contributed by atoms with Crippen LogP contribution in [0.15, 0.2) is 66.7 Å². The largest absolute Gasteiger partial charge is 0.206 e. The Bertz CT molecular complexity index is 783. The van der Waals surface area contributed by atoms with Crippen LogP contribution >= 0.6 is 0 Å². The van der Waals surface area contributed by atoms with Crippen LogP contribution in [0.25, 0.3) is 22.3 Å². The summed E-state index contributed by atoms with van der Waals surface area (Å²) >= 11 is 0. The van der Waals surface area contributed by atoms with E-state index in [0.29, 0.717) is 5.56 Å². The van der Waals surface area contributed by atoms with Crippen molar-refractivity contribution in [3.63, 3.8) is 0 Å². The average Bonchev–Trinajstić information content (AvgIpc) is 2.62. The molecule has 0 saturated carbocycles. The number of hydrogen-bond donors (Lipinski definition) is 0. The monoisotopic (exact) mass is 304 g/mol. The average molecular weight is 304 g/mol. The van der Waals surface area contributed by atoms with Gasteiger partial charge < -0.3 is 0 Å². The van der Waals surface area contributed by atoms with Gasteiger partial charge in [0.15, 0.2) is 0 Å². The molecule has 3 aromatic rings. The first-order valence-electron chi connectivity index (χ1n) is 8.19. The summed E-state index contributed by atoms with van der Waals surface area (Å²) in [5.41, 5.74) is 6.29. The third-order valence-corrected chi connectivity index (χ3v) is 4.33. The van der Waals surface area contributed by atoms with E-state index in [1.807, 2.05) is 31.2 Å². The lowest BCUT2D eigenvalue weighted by atomic mass is 9.98. The Morgan fingerprint density at radius 1 is 0.609 bits per heavy atom. The lowest BCUT2D eigenvalue weighted by Gasteiger charge is -2.08. The van der Waals surface area contributed by atoms with Gasteiger partial charge in [-0.05, 0) is 46.7 Å². The van der Waals surface area contributed by atoms with Gasteiger partial charge in [0.05, 0.1) is 0 Å². The number of hydrogen-bond acceptors (Lipinski definition) is 0. The fraction of sp³-hybridized carbons (Fsp3) is 0.182. The van der Waals surface area contributed by atoms with Crippen LogP contribution < -0.4 is 0 Å². The molecule has 0 fully saturated rings. The van der Waals surface area contributed by atoms with Crippen LogP contribution in [0.3, 0.4) is 0 Å². The molecule has 0 atom stereocenters. The van der Waals surface area contributed by atoms with E-state index in [1.165, 1.54) is 11.1 Å². The maximum absolute atomic E-state index is 14.2. The van der Waals surface area contributed by atoms with Crippen LogP contribution in [0.1, 0.15) is 25.0 Å². The number of benzene rings is 3. The standard InChI is InChI=1S/C22H21F/c1-3-16-5-8-18(9-6-16)19-10-12-20(13-11-19)21-14-7-17(4-2)15-22(21)23/h5-15H,3-4H2,1-2H3. The highest BCUT2D eigenvalue weighted by atomic mass is 19.1. The Morgan fingerprint density at radius 3 is 1.61 bits per heavy atom. The molecule has 0 aliphatic heterocycles. The highest BCUT2D eigenvalue weighted by Gasteiger charge is 2.06. The first kappa shape index (κ1) is 15.5. The fourth-order valence-electron chi connectivity index (χ4n) is 2.79. The molecule has 3 rings (SSSR count). The zero-order valence-corrected chi connectivity index (χ0v) is 13.6. The number of aryl methyl sites for hydroxylation is 2. The van der Waals surface area contributed by atoms with Crippen molar-refractivity contribution in [2.24, 2.45) is 0 Å². The molecule has 0 unspecified atom stereocenters. The Labute approximate surface area is 137 Å². The van der Waals surface area contributed by atoms with Gasteiger partial charge in [-0.25, -0.2) is 4.39 Å². The second-order valence-electron chi connectivity index (χ2n) is 5.80. The van der Waals surface area contributed by atoms with Gasteiger partial charge in [0.2, 0.25) is 0 Å². The van der Waals surface area contributed by atoms with Gasteiger partial charge in [-0.15, -0.1) is 0 Å². The summed E-state index contributed by atoms with van der Waals surface area (Å²) < 4.78 is 14.2. The third kappa shape index (κ3) is 3.34. The van der Waals surface area contributed by atoms with E-state index in [4.69, 9.17) is 0 Å². The molecule has 0 amide bonds. The van der Waals surface area contributed by atoms with Crippen molar-refractivity contribution in [3.8, 4) is 22.3 Å². The molecule has 0 N–H and O–H groups in total. The molecule has 0 aromatic heterocycles. The SMILES string of the molecule is CCc1ccc(-c2ccc(-c3ccc(CC)cc3F)cc2)cc1. The summed E-state index contributed by atoms with van der Waals surface area (Å²) in [7, 11) is 0. The third-order valence-electron chi connectivity index (χ3n) is 4.33. The fourth-order valence-corrected chi connectivity index (χ4v) is 2.79. The van der Waals surface area contributed by atoms with Crippen LogP contribution in [0.5, 0.6) is 0 Å². The van der Waals surface area contributed by atoms with E-state index < -0.39 is 0 Å². The summed E-state index contributed by atoms with van der Waals surface area (Å²) in [5, 5.41) is 0. The first-order chi connectivity index (χ1) is 11.2. The van der Waals surface area contributed by atoms with Crippen molar-refractivity contribution in [3.05, 3.63) is 83.7 Å². The van der Waals surface area contributed by atoms with E-state index in [2.05, 4.69) is 43.3 Å². The van der Waals surface area contributed by atoms with Gasteiger partial charge in [0.25, 0.3) is 0 Å². The molecule has 1 heteroatoms. The Hall–Kier alpha value is -2.41. The Kier molecular flexibility index (Phi) is 4.57. The second-order valence-corrected chi connectivity index (χ2v) is 5.80. The van der Waals surface area contributed by atoms with Gasteiger partial charge in [0.1, 0.15) is 5.82 Å². The smallest absolute Gasteiger partial charge is 0.131 e. The molecule has 0 bridgehead atoms. The van der Waals surface area contributed by atoms with Gasteiger partial charge in [0, 0.05) is 5.56 Å². The van der Waals surface area contributed by atoms with Gasteiger partial charge in [-0.1, -0.05) is 74.5 Å². The molecule has 23 heavy (non-hydrogen) atoms. The lowest BCUT2D eigenvalue weighted by Crippen LogP contribution is -1.88. The summed E-state index contributed by atoms with van der Waals surface area (Å²) in [6, 6.07) is 22.2. The number of halogens is 1. The molecule has 0 aliphatic rings. The maximum Gasteiger partial charge on any atom is 0.131 e.